The lowest BCUT2D eigenvalue weighted by Crippen LogP contribution is -2.41. The largest absolute Gasteiger partial charge is 0.486 e. The van der Waals surface area contributed by atoms with Crippen molar-refractivity contribution in [1.82, 2.24) is 20.1 Å². The molecule has 3 aromatic rings. The molecule has 34 heavy (non-hydrogen) atoms. The number of hydrogen-bond acceptors (Lipinski definition) is 8. The topological polar surface area (TPSA) is 90.7 Å². The minimum Gasteiger partial charge on any atom is -0.486 e. The van der Waals surface area contributed by atoms with Gasteiger partial charge in [0, 0.05) is 13.1 Å². The Balaban J connectivity index is 1.23. The van der Waals surface area contributed by atoms with Gasteiger partial charge < -0.3 is 24.4 Å². The van der Waals surface area contributed by atoms with Crippen LogP contribution in [0.5, 0.6) is 11.5 Å². The molecule has 1 fully saturated rings. The number of ether oxygens (including phenoxy) is 3. The van der Waals surface area contributed by atoms with Crippen molar-refractivity contribution in [2.45, 2.75) is 18.2 Å². The second kappa shape index (κ2) is 10.4. The van der Waals surface area contributed by atoms with Gasteiger partial charge >= 0.3 is 0 Å². The van der Waals surface area contributed by atoms with Crippen LogP contribution in [0, 0.1) is 6.92 Å². The molecule has 3 heterocycles. The van der Waals surface area contributed by atoms with Crippen molar-refractivity contribution in [2.75, 3.05) is 50.1 Å². The molecule has 2 aromatic carbocycles. The zero-order valence-corrected chi connectivity index (χ0v) is 19.8. The van der Waals surface area contributed by atoms with E-state index in [0.29, 0.717) is 37.3 Å². The maximum Gasteiger partial charge on any atom is 0.232 e. The number of nitrogens with one attached hydrogen (secondary N) is 1. The van der Waals surface area contributed by atoms with Crippen molar-refractivity contribution in [1.29, 1.82) is 0 Å². The van der Waals surface area contributed by atoms with Gasteiger partial charge in [0.2, 0.25) is 11.9 Å². The first-order chi connectivity index (χ1) is 16.7. The van der Waals surface area contributed by atoms with E-state index in [1.807, 2.05) is 41.0 Å². The lowest BCUT2D eigenvalue weighted by molar-refractivity contribution is -0.119. The van der Waals surface area contributed by atoms with E-state index in [9.17, 15) is 4.79 Å². The van der Waals surface area contributed by atoms with E-state index in [1.54, 1.807) is 0 Å². The number of benzene rings is 2. The summed E-state index contributed by atoms with van der Waals surface area (Å²) < 4.78 is 19.1. The summed E-state index contributed by atoms with van der Waals surface area (Å²) in [6.45, 7) is 5.64. The summed E-state index contributed by atoms with van der Waals surface area (Å²) in [5.41, 5.74) is 2.14. The van der Waals surface area contributed by atoms with Crippen LogP contribution in [0.3, 0.4) is 0 Å². The fourth-order valence-electron chi connectivity index (χ4n) is 3.82. The van der Waals surface area contributed by atoms with E-state index >= 15 is 0 Å². The lowest BCUT2D eigenvalue weighted by Gasteiger charge is -2.28. The Morgan fingerprint density at radius 3 is 2.65 bits per heavy atom. The van der Waals surface area contributed by atoms with Crippen molar-refractivity contribution in [3.63, 3.8) is 0 Å². The van der Waals surface area contributed by atoms with Crippen LogP contribution in [0.15, 0.2) is 53.7 Å². The molecule has 0 unspecified atom stereocenters. The minimum absolute atomic E-state index is 0.0983. The first-order valence-electron chi connectivity index (χ1n) is 11.3. The van der Waals surface area contributed by atoms with Gasteiger partial charge in [-0.25, -0.2) is 0 Å². The lowest BCUT2D eigenvalue weighted by atomic mass is 10.2. The first kappa shape index (κ1) is 22.5. The predicted molar refractivity (Wildman–Crippen MR) is 129 cm³/mol. The summed E-state index contributed by atoms with van der Waals surface area (Å²) in [7, 11) is 0. The predicted octanol–water partition coefficient (Wildman–Crippen LogP) is 2.46. The third-order valence-corrected chi connectivity index (χ3v) is 6.56. The first-order valence-corrected chi connectivity index (χ1v) is 12.3. The van der Waals surface area contributed by atoms with Gasteiger partial charge in [0.05, 0.1) is 31.2 Å². The standard InChI is InChI=1S/C24H27N5O4S/c1-17-6-8-18(9-7-17)29-23(28-10-12-31-13-11-28)26-27-24(29)34-16-22(30)25-14-19-15-32-20-4-2-3-5-21(20)33-19/h2-9,19H,10-16H2,1H3,(H,25,30)/t19-/m1/s1. The third-order valence-electron chi connectivity index (χ3n) is 5.63. The van der Waals surface area contributed by atoms with Gasteiger partial charge in [-0.3, -0.25) is 9.36 Å². The molecular formula is C24H27N5O4S. The number of nitrogens with zero attached hydrogens (tertiary/aromatic N) is 4. The Hall–Kier alpha value is -3.24. The Kier molecular flexibility index (Phi) is 6.87. The number of hydrogen-bond donors (Lipinski definition) is 1. The van der Waals surface area contributed by atoms with E-state index < -0.39 is 0 Å². The Morgan fingerprint density at radius 1 is 1.09 bits per heavy atom. The average Bonchev–Trinajstić information content (AvgIpc) is 3.31. The summed E-state index contributed by atoms with van der Waals surface area (Å²) in [6.07, 6.45) is -0.229. The molecule has 5 rings (SSSR count). The average molecular weight is 482 g/mol. The van der Waals surface area contributed by atoms with Gasteiger partial charge in [0.15, 0.2) is 16.7 Å². The van der Waals surface area contributed by atoms with Crippen LogP contribution in [0.25, 0.3) is 5.69 Å². The molecule has 2 aliphatic rings. The number of aromatic nitrogens is 3. The Labute approximate surface area is 202 Å². The molecule has 1 saturated heterocycles. The van der Waals surface area contributed by atoms with Gasteiger partial charge in [-0.15, -0.1) is 10.2 Å². The van der Waals surface area contributed by atoms with Crippen molar-refractivity contribution in [3.05, 3.63) is 54.1 Å². The Bertz CT molecular complexity index is 1130. The van der Waals surface area contributed by atoms with Gasteiger partial charge in [0.25, 0.3) is 0 Å². The number of para-hydroxylation sites is 2. The van der Waals surface area contributed by atoms with Crippen molar-refractivity contribution in [2.24, 2.45) is 0 Å². The summed E-state index contributed by atoms with van der Waals surface area (Å²) >= 11 is 1.36. The number of morpholine rings is 1. The minimum atomic E-state index is -0.229. The highest BCUT2D eigenvalue weighted by Crippen LogP contribution is 2.31. The number of fused-ring (bicyclic) bond motifs is 1. The molecule has 1 N–H and O–H groups in total. The third kappa shape index (κ3) is 5.13. The zero-order valence-electron chi connectivity index (χ0n) is 19.0. The highest BCUT2D eigenvalue weighted by atomic mass is 32.2. The van der Waals surface area contributed by atoms with Gasteiger partial charge in [-0.2, -0.15) is 0 Å². The molecule has 1 amide bonds. The maximum atomic E-state index is 12.6. The molecule has 0 aliphatic carbocycles. The molecule has 178 valence electrons. The number of rotatable bonds is 7. The monoisotopic (exact) mass is 481 g/mol. The van der Waals surface area contributed by atoms with Gasteiger partial charge in [-0.05, 0) is 31.2 Å². The van der Waals surface area contributed by atoms with E-state index in [-0.39, 0.29) is 17.8 Å². The molecule has 1 aromatic heterocycles. The summed E-state index contributed by atoms with van der Waals surface area (Å²) in [6, 6.07) is 15.7. The normalized spacial score (nSPS) is 17.4. The number of carbonyl (C=O) groups is 1. The van der Waals surface area contributed by atoms with Gasteiger partial charge in [0.1, 0.15) is 12.7 Å². The van der Waals surface area contributed by atoms with Crippen LogP contribution in [0.1, 0.15) is 5.56 Å². The molecule has 0 saturated carbocycles. The summed E-state index contributed by atoms with van der Waals surface area (Å²) in [5, 5.41) is 12.5. The number of amides is 1. The van der Waals surface area contributed by atoms with Crippen LogP contribution in [-0.4, -0.2) is 72.0 Å². The number of aryl methyl sites for hydroxylation is 1. The maximum absolute atomic E-state index is 12.6. The van der Waals surface area contributed by atoms with Crippen LogP contribution < -0.4 is 19.7 Å². The fourth-order valence-corrected chi connectivity index (χ4v) is 4.59. The van der Waals surface area contributed by atoms with Crippen molar-refractivity contribution < 1.29 is 19.0 Å². The van der Waals surface area contributed by atoms with E-state index in [4.69, 9.17) is 14.2 Å². The molecule has 0 bridgehead atoms. The van der Waals surface area contributed by atoms with Crippen LogP contribution >= 0.6 is 11.8 Å². The number of anilines is 1. The fraction of sp³-hybridized carbons (Fsp3) is 0.375. The molecule has 0 radical (unpaired) electrons. The Morgan fingerprint density at radius 2 is 1.85 bits per heavy atom. The number of thioether (sulfide) groups is 1. The molecule has 2 aliphatic heterocycles. The SMILES string of the molecule is Cc1ccc(-n2c(SCC(=O)NC[C@@H]3COc4ccccc4O3)nnc2N2CCOCC2)cc1. The molecule has 0 spiro atoms. The second-order valence-electron chi connectivity index (χ2n) is 8.14. The smallest absolute Gasteiger partial charge is 0.232 e. The second-order valence-corrected chi connectivity index (χ2v) is 9.09. The molecule has 9 nitrogen and oxygen atoms in total. The van der Waals surface area contributed by atoms with Crippen LogP contribution in [0.4, 0.5) is 5.95 Å². The highest BCUT2D eigenvalue weighted by molar-refractivity contribution is 7.99. The summed E-state index contributed by atoms with van der Waals surface area (Å²) in [5.74, 6) is 2.31. The quantitative estimate of drug-likeness (QED) is 0.515. The molecule has 1 atom stereocenters. The molecule has 10 heteroatoms. The van der Waals surface area contributed by atoms with Crippen molar-refractivity contribution >= 4 is 23.6 Å². The number of carbonyl (C=O) groups excluding carboxylic acids is 1. The van der Waals surface area contributed by atoms with E-state index in [1.165, 1.54) is 17.3 Å². The van der Waals surface area contributed by atoms with Crippen LogP contribution in [-0.2, 0) is 9.53 Å². The van der Waals surface area contributed by atoms with Crippen LogP contribution in [0.2, 0.25) is 0 Å². The van der Waals surface area contributed by atoms with E-state index in [2.05, 4.69) is 39.5 Å². The zero-order chi connectivity index (χ0) is 23.3. The highest BCUT2D eigenvalue weighted by Gasteiger charge is 2.24. The van der Waals surface area contributed by atoms with Crippen molar-refractivity contribution in [3.8, 4) is 17.2 Å². The summed E-state index contributed by atoms with van der Waals surface area (Å²) in [4.78, 5) is 14.8. The van der Waals surface area contributed by atoms with Gasteiger partial charge in [-0.1, -0.05) is 41.6 Å². The molecular weight excluding hydrogens is 454 g/mol. The van der Waals surface area contributed by atoms with E-state index in [0.717, 1.165) is 30.5 Å².